The van der Waals surface area contributed by atoms with E-state index in [1.807, 2.05) is 13.8 Å². The van der Waals surface area contributed by atoms with E-state index in [2.05, 4.69) is 5.32 Å². The van der Waals surface area contributed by atoms with E-state index < -0.39 is 30.4 Å². The fraction of sp³-hybridized carbons (Fsp3) is 0.143. The van der Waals surface area contributed by atoms with Crippen LogP contribution in [0, 0.1) is 13.8 Å². The molecule has 1 aliphatic rings. The molecule has 1 saturated heterocycles. The Balaban J connectivity index is 2.03. The number of anilines is 1. The summed E-state index contributed by atoms with van der Waals surface area (Å²) < 4.78 is 5.33. The van der Waals surface area contributed by atoms with E-state index in [9.17, 15) is 19.2 Å². The van der Waals surface area contributed by atoms with E-state index >= 15 is 0 Å². The lowest BCUT2D eigenvalue weighted by atomic mass is 10.0. The monoisotopic (exact) mass is 427 g/mol. The van der Waals surface area contributed by atoms with Crippen LogP contribution >= 0.6 is 11.6 Å². The van der Waals surface area contributed by atoms with Crippen LogP contribution in [0.5, 0.6) is 5.75 Å². The number of carbonyl (C=O) groups is 4. The van der Waals surface area contributed by atoms with Crippen LogP contribution in [0.15, 0.2) is 42.0 Å². The molecule has 0 unspecified atom stereocenters. The number of aryl methyl sites for hydroxylation is 2. The van der Waals surface area contributed by atoms with Gasteiger partial charge in [-0.3, -0.25) is 19.7 Å². The van der Waals surface area contributed by atoms with Gasteiger partial charge in [0.05, 0.1) is 5.69 Å². The number of ether oxygens (including phenoxy) is 1. The minimum atomic E-state index is -0.856. The first-order valence-corrected chi connectivity index (χ1v) is 9.24. The second-order valence-electron chi connectivity index (χ2n) is 6.66. The molecule has 2 aromatic rings. The molecule has 0 atom stereocenters. The summed E-state index contributed by atoms with van der Waals surface area (Å²) in [4.78, 5) is 49.7. The fourth-order valence-electron chi connectivity index (χ4n) is 2.82. The normalized spacial score (nSPS) is 15.4. The van der Waals surface area contributed by atoms with Gasteiger partial charge in [0.1, 0.15) is 11.3 Å². The SMILES string of the molecule is Cc1ccc(N2C(=O)NC(=O)/C(=C\c3cc(Cl)ccc3OCC(N)=O)C2=O)cc1C. The number of hydrogen-bond donors (Lipinski definition) is 2. The van der Waals surface area contributed by atoms with Crippen molar-refractivity contribution < 1.29 is 23.9 Å². The summed E-state index contributed by atoms with van der Waals surface area (Å²) in [5.74, 6) is -2.15. The molecule has 8 nitrogen and oxygen atoms in total. The maximum atomic E-state index is 13.0. The average molecular weight is 428 g/mol. The predicted octanol–water partition coefficient (Wildman–Crippen LogP) is 2.49. The van der Waals surface area contributed by atoms with E-state index in [0.29, 0.717) is 10.7 Å². The lowest BCUT2D eigenvalue weighted by molar-refractivity contribution is -0.123. The first-order valence-electron chi connectivity index (χ1n) is 8.86. The number of amides is 5. The molecule has 0 spiro atoms. The Morgan fingerprint density at radius 1 is 1.13 bits per heavy atom. The lowest BCUT2D eigenvalue weighted by Crippen LogP contribution is -2.54. The van der Waals surface area contributed by atoms with Crippen molar-refractivity contribution in [1.82, 2.24) is 5.32 Å². The molecule has 30 heavy (non-hydrogen) atoms. The summed E-state index contributed by atoms with van der Waals surface area (Å²) >= 11 is 6.02. The number of benzene rings is 2. The number of urea groups is 1. The molecule has 3 N–H and O–H groups in total. The minimum Gasteiger partial charge on any atom is -0.483 e. The Kier molecular flexibility index (Phi) is 5.89. The van der Waals surface area contributed by atoms with Gasteiger partial charge in [0.2, 0.25) is 0 Å². The van der Waals surface area contributed by atoms with Gasteiger partial charge in [0.15, 0.2) is 6.61 Å². The van der Waals surface area contributed by atoms with Gasteiger partial charge >= 0.3 is 6.03 Å². The Labute approximate surface area is 177 Å². The third-order valence-electron chi connectivity index (χ3n) is 4.49. The highest BCUT2D eigenvalue weighted by Crippen LogP contribution is 2.28. The quantitative estimate of drug-likeness (QED) is 0.561. The number of barbiturate groups is 1. The summed E-state index contributed by atoms with van der Waals surface area (Å²) in [5.41, 5.74) is 7.29. The summed E-state index contributed by atoms with van der Waals surface area (Å²) in [7, 11) is 0. The highest BCUT2D eigenvalue weighted by Gasteiger charge is 2.37. The van der Waals surface area contributed by atoms with Crippen LogP contribution in [0.3, 0.4) is 0 Å². The minimum absolute atomic E-state index is 0.195. The maximum absolute atomic E-state index is 13.0. The highest BCUT2D eigenvalue weighted by molar-refractivity contribution is 6.39. The van der Waals surface area contributed by atoms with Crippen molar-refractivity contribution in [2.75, 3.05) is 11.5 Å². The zero-order valence-corrected chi connectivity index (χ0v) is 16.9. The van der Waals surface area contributed by atoms with Crippen molar-refractivity contribution in [2.45, 2.75) is 13.8 Å². The molecule has 0 bridgehead atoms. The number of halogens is 1. The largest absolute Gasteiger partial charge is 0.483 e. The number of carbonyl (C=O) groups excluding carboxylic acids is 4. The first kappa shape index (κ1) is 21.1. The van der Waals surface area contributed by atoms with Crippen molar-refractivity contribution >= 4 is 47.1 Å². The molecule has 5 amide bonds. The molecular formula is C21H18ClN3O5. The van der Waals surface area contributed by atoms with Crippen LogP contribution in [0.4, 0.5) is 10.5 Å². The van der Waals surface area contributed by atoms with Gasteiger partial charge in [-0.1, -0.05) is 17.7 Å². The van der Waals surface area contributed by atoms with Gasteiger partial charge in [0.25, 0.3) is 17.7 Å². The van der Waals surface area contributed by atoms with Gasteiger partial charge < -0.3 is 10.5 Å². The van der Waals surface area contributed by atoms with Crippen molar-refractivity contribution in [2.24, 2.45) is 5.73 Å². The van der Waals surface area contributed by atoms with Crippen LogP contribution in [0.1, 0.15) is 16.7 Å². The van der Waals surface area contributed by atoms with Gasteiger partial charge in [-0.2, -0.15) is 0 Å². The summed E-state index contributed by atoms with van der Waals surface area (Å²) in [6, 6.07) is 8.69. The first-order chi connectivity index (χ1) is 14.2. The van der Waals surface area contributed by atoms with Gasteiger partial charge in [-0.05, 0) is 61.4 Å². The second kappa shape index (κ2) is 8.38. The second-order valence-corrected chi connectivity index (χ2v) is 7.10. The zero-order chi connectivity index (χ0) is 22.0. The average Bonchev–Trinajstić information content (AvgIpc) is 2.67. The Bertz CT molecular complexity index is 1110. The molecule has 1 fully saturated rings. The van der Waals surface area contributed by atoms with Crippen molar-refractivity contribution in [3.63, 3.8) is 0 Å². The van der Waals surface area contributed by atoms with Gasteiger partial charge in [-0.15, -0.1) is 0 Å². The third kappa shape index (κ3) is 4.33. The fourth-order valence-corrected chi connectivity index (χ4v) is 3.01. The molecule has 0 aromatic heterocycles. The molecule has 1 heterocycles. The number of primary amides is 1. The van der Waals surface area contributed by atoms with Gasteiger partial charge in [0, 0.05) is 10.6 Å². The standard InChI is InChI=1S/C21H18ClN3O5/c1-11-3-5-15(7-12(11)2)25-20(28)16(19(27)24-21(25)29)9-13-8-14(22)4-6-17(13)30-10-18(23)26/h3-9H,10H2,1-2H3,(H2,23,26)(H,24,27,29)/b16-9+. The van der Waals surface area contributed by atoms with Crippen molar-refractivity contribution in [3.05, 3.63) is 63.7 Å². The highest BCUT2D eigenvalue weighted by atomic mass is 35.5. The smallest absolute Gasteiger partial charge is 0.335 e. The van der Waals surface area contributed by atoms with E-state index in [0.717, 1.165) is 16.0 Å². The van der Waals surface area contributed by atoms with Crippen LogP contribution in [-0.4, -0.2) is 30.4 Å². The Hall–Kier alpha value is -3.65. The topological polar surface area (TPSA) is 119 Å². The van der Waals surface area contributed by atoms with Gasteiger partial charge in [-0.25, -0.2) is 9.69 Å². The van der Waals surface area contributed by atoms with E-state index in [1.54, 1.807) is 18.2 Å². The number of hydrogen-bond acceptors (Lipinski definition) is 5. The molecule has 1 aliphatic heterocycles. The summed E-state index contributed by atoms with van der Waals surface area (Å²) in [5, 5.41) is 2.48. The molecule has 3 rings (SSSR count). The van der Waals surface area contributed by atoms with Crippen LogP contribution in [0.25, 0.3) is 6.08 Å². The van der Waals surface area contributed by atoms with E-state index in [-0.39, 0.29) is 16.9 Å². The number of nitrogens with one attached hydrogen (secondary N) is 1. The summed E-state index contributed by atoms with van der Waals surface area (Å²) in [6.45, 7) is 3.35. The molecule has 2 aromatic carbocycles. The molecule has 0 saturated carbocycles. The van der Waals surface area contributed by atoms with Crippen LogP contribution in [0.2, 0.25) is 5.02 Å². The van der Waals surface area contributed by atoms with Crippen molar-refractivity contribution in [1.29, 1.82) is 0 Å². The third-order valence-corrected chi connectivity index (χ3v) is 4.73. The van der Waals surface area contributed by atoms with E-state index in [1.165, 1.54) is 24.3 Å². The number of rotatable bonds is 5. The number of imide groups is 2. The number of nitrogens with zero attached hydrogens (tertiary/aromatic N) is 1. The lowest BCUT2D eigenvalue weighted by Gasteiger charge is -2.27. The molecular weight excluding hydrogens is 410 g/mol. The Morgan fingerprint density at radius 3 is 2.53 bits per heavy atom. The van der Waals surface area contributed by atoms with Crippen LogP contribution in [-0.2, 0) is 14.4 Å². The molecule has 0 radical (unpaired) electrons. The molecule has 0 aliphatic carbocycles. The molecule has 154 valence electrons. The van der Waals surface area contributed by atoms with Crippen molar-refractivity contribution in [3.8, 4) is 5.75 Å². The predicted molar refractivity (Wildman–Crippen MR) is 111 cm³/mol. The maximum Gasteiger partial charge on any atom is 0.335 e. The zero-order valence-electron chi connectivity index (χ0n) is 16.2. The molecule has 9 heteroatoms. The van der Waals surface area contributed by atoms with E-state index in [4.69, 9.17) is 22.1 Å². The summed E-state index contributed by atoms with van der Waals surface area (Å²) in [6.07, 6.45) is 1.25. The number of nitrogens with two attached hydrogens (primary N) is 1. The Morgan fingerprint density at radius 2 is 1.87 bits per heavy atom. The van der Waals surface area contributed by atoms with Crippen LogP contribution < -0.4 is 20.7 Å².